The zero-order valence-corrected chi connectivity index (χ0v) is 14.4. The molecule has 1 aromatic rings. The smallest absolute Gasteiger partial charge is 0.289 e. The highest BCUT2D eigenvalue weighted by Gasteiger charge is 2.50. The quantitative estimate of drug-likeness (QED) is 0.870. The Morgan fingerprint density at radius 3 is 2.33 bits per heavy atom. The molecule has 4 atom stereocenters. The van der Waals surface area contributed by atoms with Gasteiger partial charge in [-0.15, -0.1) is 12.4 Å². The summed E-state index contributed by atoms with van der Waals surface area (Å²) in [5.74, 6) is 1.48. The van der Waals surface area contributed by atoms with Crippen LogP contribution in [0, 0.1) is 17.8 Å². The van der Waals surface area contributed by atoms with Gasteiger partial charge in [-0.25, -0.2) is 0 Å². The molecule has 4 rings (SSSR count). The Hall–Kier alpha value is -1.53. The van der Waals surface area contributed by atoms with Gasteiger partial charge in [0.05, 0.1) is 12.2 Å². The zero-order valence-electron chi connectivity index (χ0n) is 13.6. The molecule has 132 valence electrons. The minimum Gasteiger partial charge on any atom is -0.459 e. The number of rotatable bonds is 2. The molecule has 1 saturated heterocycles. The van der Waals surface area contributed by atoms with Gasteiger partial charge in [-0.1, -0.05) is 0 Å². The first-order valence-corrected chi connectivity index (χ1v) is 8.52. The van der Waals surface area contributed by atoms with Crippen LogP contribution in [0.3, 0.4) is 0 Å². The Kier molecular flexibility index (Phi) is 4.88. The van der Waals surface area contributed by atoms with E-state index in [0.29, 0.717) is 43.8 Å². The fourth-order valence-corrected chi connectivity index (χ4v) is 4.60. The van der Waals surface area contributed by atoms with E-state index >= 15 is 0 Å². The van der Waals surface area contributed by atoms with E-state index in [2.05, 4.69) is 0 Å². The van der Waals surface area contributed by atoms with Crippen LogP contribution in [0.1, 0.15) is 29.8 Å². The van der Waals surface area contributed by atoms with Crippen LogP contribution in [0.25, 0.3) is 0 Å². The van der Waals surface area contributed by atoms with Crippen molar-refractivity contribution in [3.63, 3.8) is 0 Å². The van der Waals surface area contributed by atoms with Crippen molar-refractivity contribution in [2.75, 3.05) is 26.2 Å². The van der Waals surface area contributed by atoms with Crippen molar-refractivity contribution < 1.29 is 14.0 Å². The highest BCUT2D eigenvalue weighted by molar-refractivity contribution is 5.91. The van der Waals surface area contributed by atoms with Crippen LogP contribution in [0.4, 0.5) is 0 Å². The third kappa shape index (κ3) is 2.82. The summed E-state index contributed by atoms with van der Waals surface area (Å²) in [6, 6.07) is 3.42. The van der Waals surface area contributed by atoms with E-state index < -0.39 is 0 Å². The SMILES string of the molecule is Cl.NC1C2CCC(C2)C1C(=O)N1CCN(C(=O)c2ccco2)CC1. The number of furan rings is 1. The molecule has 4 unspecified atom stereocenters. The van der Waals surface area contributed by atoms with E-state index in [4.69, 9.17) is 10.2 Å². The van der Waals surface area contributed by atoms with Gasteiger partial charge in [0.2, 0.25) is 5.91 Å². The summed E-state index contributed by atoms with van der Waals surface area (Å²) >= 11 is 0. The summed E-state index contributed by atoms with van der Waals surface area (Å²) in [4.78, 5) is 28.7. The molecule has 2 amide bonds. The molecule has 0 radical (unpaired) electrons. The van der Waals surface area contributed by atoms with Crippen LogP contribution in [0.5, 0.6) is 0 Å². The second kappa shape index (κ2) is 6.76. The predicted octanol–water partition coefficient (Wildman–Crippen LogP) is 1.36. The summed E-state index contributed by atoms with van der Waals surface area (Å²) in [5, 5.41) is 0. The summed E-state index contributed by atoms with van der Waals surface area (Å²) in [5.41, 5.74) is 6.29. The van der Waals surface area contributed by atoms with Crippen molar-refractivity contribution in [3.05, 3.63) is 24.2 Å². The van der Waals surface area contributed by atoms with E-state index in [0.717, 1.165) is 12.8 Å². The Morgan fingerprint density at radius 1 is 1.08 bits per heavy atom. The fraction of sp³-hybridized carbons (Fsp3) is 0.647. The number of hydrogen-bond acceptors (Lipinski definition) is 4. The zero-order chi connectivity index (χ0) is 16.0. The monoisotopic (exact) mass is 353 g/mol. The molecule has 24 heavy (non-hydrogen) atoms. The number of carbonyl (C=O) groups excluding carboxylic acids is 2. The molecule has 2 N–H and O–H groups in total. The van der Waals surface area contributed by atoms with Crippen LogP contribution in [-0.4, -0.2) is 53.8 Å². The summed E-state index contributed by atoms with van der Waals surface area (Å²) in [6.07, 6.45) is 4.95. The molecular formula is C17H24ClN3O3. The van der Waals surface area contributed by atoms with Gasteiger partial charge in [-0.05, 0) is 43.2 Å². The third-order valence-corrected chi connectivity index (χ3v) is 5.88. The molecule has 7 heteroatoms. The highest BCUT2D eigenvalue weighted by Crippen LogP contribution is 2.48. The number of nitrogens with zero attached hydrogens (tertiary/aromatic N) is 2. The lowest BCUT2D eigenvalue weighted by molar-refractivity contribution is -0.139. The van der Waals surface area contributed by atoms with E-state index in [-0.39, 0.29) is 36.2 Å². The number of hydrogen-bond donors (Lipinski definition) is 1. The van der Waals surface area contributed by atoms with E-state index in [9.17, 15) is 9.59 Å². The van der Waals surface area contributed by atoms with Gasteiger partial charge in [0, 0.05) is 32.2 Å². The van der Waals surface area contributed by atoms with Gasteiger partial charge in [-0.2, -0.15) is 0 Å². The van der Waals surface area contributed by atoms with Crippen LogP contribution in [0.2, 0.25) is 0 Å². The largest absolute Gasteiger partial charge is 0.459 e. The first-order chi connectivity index (χ1) is 11.1. The number of fused-ring (bicyclic) bond motifs is 2. The molecular weight excluding hydrogens is 330 g/mol. The average Bonchev–Trinajstić information content (AvgIpc) is 3.31. The standard InChI is InChI=1S/C17H23N3O3.ClH/c18-15-12-4-3-11(10-12)14(15)17(22)20-7-5-19(6-8-20)16(21)13-2-1-9-23-13;/h1-2,9,11-12,14-15H,3-8,10,18H2;1H. The first-order valence-electron chi connectivity index (χ1n) is 8.52. The third-order valence-electron chi connectivity index (χ3n) is 5.88. The van der Waals surface area contributed by atoms with Crippen molar-refractivity contribution in [2.45, 2.75) is 25.3 Å². The van der Waals surface area contributed by atoms with Gasteiger partial charge in [0.25, 0.3) is 5.91 Å². The van der Waals surface area contributed by atoms with Crippen LogP contribution >= 0.6 is 12.4 Å². The van der Waals surface area contributed by atoms with Crippen molar-refractivity contribution in [2.24, 2.45) is 23.5 Å². The van der Waals surface area contributed by atoms with E-state index in [1.54, 1.807) is 17.0 Å². The van der Waals surface area contributed by atoms with E-state index in [1.165, 1.54) is 12.7 Å². The number of nitrogens with two attached hydrogens (primary N) is 1. The molecule has 1 aromatic heterocycles. The van der Waals surface area contributed by atoms with Gasteiger partial charge < -0.3 is 20.0 Å². The lowest BCUT2D eigenvalue weighted by Gasteiger charge is -2.38. The predicted molar refractivity (Wildman–Crippen MR) is 90.7 cm³/mol. The lowest BCUT2D eigenvalue weighted by atomic mass is 9.84. The summed E-state index contributed by atoms with van der Waals surface area (Å²) in [6.45, 7) is 2.29. The van der Waals surface area contributed by atoms with Gasteiger partial charge in [0.15, 0.2) is 5.76 Å². The van der Waals surface area contributed by atoms with Gasteiger partial charge in [0.1, 0.15) is 0 Å². The maximum atomic E-state index is 12.8. The highest BCUT2D eigenvalue weighted by atomic mass is 35.5. The molecule has 2 aliphatic carbocycles. The number of amides is 2. The first kappa shape index (κ1) is 17.3. The van der Waals surface area contributed by atoms with Gasteiger partial charge in [-0.3, -0.25) is 9.59 Å². The molecule has 0 aromatic carbocycles. The van der Waals surface area contributed by atoms with Crippen LogP contribution < -0.4 is 5.73 Å². The van der Waals surface area contributed by atoms with Crippen LogP contribution in [-0.2, 0) is 4.79 Å². The molecule has 3 aliphatic rings. The fourth-order valence-electron chi connectivity index (χ4n) is 4.60. The Balaban J connectivity index is 0.00000169. The lowest BCUT2D eigenvalue weighted by Crippen LogP contribution is -2.54. The van der Waals surface area contributed by atoms with Crippen LogP contribution in [0.15, 0.2) is 22.8 Å². The topological polar surface area (TPSA) is 79.8 Å². The summed E-state index contributed by atoms with van der Waals surface area (Å²) < 4.78 is 5.16. The second-order valence-corrected chi connectivity index (χ2v) is 7.03. The maximum Gasteiger partial charge on any atom is 0.289 e. The molecule has 6 nitrogen and oxygen atoms in total. The molecule has 2 bridgehead atoms. The number of halogens is 1. The summed E-state index contributed by atoms with van der Waals surface area (Å²) in [7, 11) is 0. The Bertz CT molecular complexity index is 596. The minimum atomic E-state index is -0.0984. The van der Waals surface area contributed by atoms with Crippen molar-refractivity contribution >= 4 is 24.2 Å². The normalized spacial score (nSPS) is 31.9. The minimum absolute atomic E-state index is 0. The molecule has 0 spiro atoms. The van der Waals surface area contributed by atoms with Gasteiger partial charge >= 0.3 is 0 Å². The van der Waals surface area contributed by atoms with E-state index in [1.807, 2.05) is 4.90 Å². The Morgan fingerprint density at radius 2 is 1.75 bits per heavy atom. The number of piperazine rings is 1. The van der Waals surface area contributed by atoms with Crippen molar-refractivity contribution in [1.82, 2.24) is 9.80 Å². The molecule has 3 fully saturated rings. The maximum absolute atomic E-state index is 12.8. The molecule has 1 aliphatic heterocycles. The Labute approximate surface area is 147 Å². The van der Waals surface area contributed by atoms with Crippen molar-refractivity contribution in [3.8, 4) is 0 Å². The average molecular weight is 354 g/mol. The second-order valence-electron chi connectivity index (χ2n) is 7.03. The van der Waals surface area contributed by atoms with Crippen molar-refractivity contribution in [1.29, 1.82) is 0 Å². The number of carbonyl (C=O) groups is 2. The molecule has 2 heterocycles. The molecule has 2 saturated carbocycles.